The van der Waals surface area contributed by atoms with Crippen molar-refractivity contribution < 1.29 is 0 Å². The summed E-state index contributed by atoms with van der Waals surface area (Å²) in [6.07, 6.45) is 7.22. The van der Waals surface area contributed by atoms with E-state index < -0.39 is 0 Å². The SMILES string of the molecule is CCCc1nc(C2CCCCCN2)n(C)n1. The van der Waals surface area contributed by atoms with Gasteiger partial charge in [-0.1, -0.05) is 19.8 Å². The van der Waals surface area contributed by atoms with Crippen molar-refractivity contribution in [3.05, 3.63) is 11.6 Å². The van der Waals surface area contributed by atoms with Gasteiger partial charge >= 0.3 is 0 Å². The van der Waals surface area contributed by atoms with E-state index in [1.807, 2.05) is 11.7 Å². The topological polar surface area (TPSA) is 42.7 Å². The summed E-state index contributed by atoms with van der Waals surface area (Å²) in [5.74, 6) is 2.11. The van der Waals surface area contributed by atoms with E-state index in [9.17, 15) is 0 Å². The van der Waals surface area contributed by atoms with Crippen LogP contribution in [0.2, 0.25) is 0 Å². The molecule has 1 N–H and O–H groups in total. The van der Waals surface area contributed by atoms with E-state index in [0.717, 1.165) is 31.0 Å². The van der Waals surface area contributed by atoms with Gasteiger partial charge in [0, 0.05) is 13.5 Å². The first-order valence-electron chi connectivity index (χ1n) is 6.44. The minimum absolute atomic E-state index is 0.408. The lowest BCUT2D eigenvalue weighted by Gasteiger charge is -2.13. The Morgan fingerprint density at radius 3 is 3.06 bits per heavy atom. The highest BCUT2D eigenvalue weighted by molar-refractivity contribution is 4.99. The molecule has 1 unspecified atom stereocenters. The second-order valence-electron chi connectivity index (χ2n) is 4.62. The lowest BCUT2D eigenvalue weighted by molar-refractivity contribution is 0.483. The smallest absolute Gasteiger partial charge is 0.151 e. The van der Waals surface area contributed by atoms with Crippen LogP contribution < -0.4 is 5.32 Å². The van der Waals surface area contributed by atoms with E-state index in [-0.39, 0.29) is 0 Å². The molecule has 0 spiro atoms. The van der Waals surface area contributed by atoms with Crippen LogP contribution in [0.1, 0.15) is 56.7 Å². The molecular weight excluding hydrogens is 200 g/mol. The molecule has 1 aliphatic heterocycles. The Hall–Kier alpha value is -0.900. The second kappa shape index (κ2) is 5.43. The van der Waals surface area contributed by atoms with Crippen LogP contribution in [0.3, 0.4) is 0 Å². The zero-order valence-corrected chi connectivity index (χ0v) is 10.4. The van der Waals surface area contributed by atoms with Crippen LogP contribution in [0.25, 0.3) is 0 Å². The Balaban J connectivity index is 2.11. The van der Waals surface area contributed by atoms with Gasteiger partial charge in [-0.25, -0.2) is 4.98 Å². The van der Waals surface area contributed by atoms with Gasteiger partial charge in [-0.2, -0.15) is 5.10 Å². The van der Waals surface area contributed by atoms with Crippen molar-refractivity contribution in [2.24, 2.45) is 7.05 Å². The normalized spacial score (nSPS) is 22.0. The van der Waals surface area contributed by atoms with Gasteiger partial charge in [-0.05, 0) is 25.8 Å². The molecule has 2 rings (SSSR count). The van der Waals surface area contributed by atoms with Gasteiger partial charge in [-0.3, -0.25) is 4.68 Å². The van der Waals surface area contributed by atoms with Crippen LogP contribution in [-0.4, -0.2) is 21.3 Å². The third-order valence-corrected chi connectivity index (χ3v) is 3.19. The summed E-state index contributed by atoms with van der Waals surface area (Å²) in [4.78, 5) is 4.65. The van der Waals surface area contributed by atoms with Gasteiger partial charge in [0.25, 0.3) is 0 Å². The van der Waals surface area contributed by atoms with Crippen molar-refractivity contribution >= 4 is 0 Å². The van der Waals surface area contributed by atoms with Gasteiger partial charge in [0.05, 0.1) is 6.04 Å². The summed E-state index contributed by atoms with van der Waals surface area (Å²) in [7, 11) is 2.01. The molecule has 4 heteroatoms. The molecule has 2 heterocycles. The molecular formula is C12H22N4. The van der Waals surface area contributed by atoms with Gasteiger partial charge in [0.15, 0.2) is 5.82 Å². The van der Waals surface area contributed by atoms with Crippen LogP contribution in [0, 0.1) is 0 Å². The summed E-state index contributed by atoms with van der Waals surface area (Å²) in [6, 6.07) is 0.408. The third-order valence-electron chi connectivity index (χ3n) is 3.19. The summed E-state index contributed by atoms with van der Waals surface area (Å²) in [5.41, 5.74) is 0. The van der Waals surface area contributed by atoms with Crippen LogP contribution in [0.4, 0.5) is 0 Å². The van der Waals surface area contributed by atoms with Gasteiger partial charge in [0.2, 0.25) is 0 Å². The molecule has 1 aromatic heterocycles. The number of hydrogen-bond acceptors (Lipinski definition) is 3. The maximum atomic E-state index is 4.65. The molecule has 4 nitrogen and oxygen atoms in total. The first kappa shape index (κ1) is 11.6. The predicted octanol–water partition coefficient (Wildman–Crippen LogP) is 1.97. The molecule has 1 aliphatic rings. The van der Waals surface area contributed by atoms with Crippen molar-refractivity contribution in [1.82, 2.24) is 20.1 Å². The Morgan fingerprint density at radius 2 is 2.25 bits per heavy atom. The first-order chi connectivity index (χ1) is 7.81. The number of aryl methyl sites for hydroxylation is 2. The van der Waals surface area contributed by atoms with Crippen LogP contribution in [0.15, 0.2) is 0 Å². The number of hydrogen-bond donors (Lipinski definition) is 1. The van der Waals surface area contributed by atoms with Crippen molar-refractivity contribution in [2.45, 2.75) is 51.5 Å². The molecule has 0 aliphatic carbocycles. The molecule has 0 aromatic carbocycles. The third kappa shape index (κ3) is 2.61. The standard InChI is InChI=1S/C12H22N4/c1-3-7-11-14-12(16(2)15-11)10-8-5-4-6-9-13-10/h10,13H,3-9H2,1-2H3. The molecule has 1 aromatic rings. The number of nitrogens with one attached hydrogen (secondary N) is 1. The maximum absolute atomic E-state index is 4.65. The minimum atomic E-state index is 0.408. The zero-order chi connectivity index (χ0) is 11.4. The molecule has 0 saturated carbocycles. The van der Waals surface area contributed by atoms with Crippen molar-refractivity contribution in [3.63, 3.8) is 0 Å². The van der Waals surface area contributed by atoms with Gasteiger partial charge in [-0.15, -0.1) is 0 Å². The summed E-state index contributed by atoms with van der Waals surface area (Å²) < 4.78 is 1.95. The predicted molar refractivity (Wildman–Crippen MR) is 64.2 cm³/mol. The average Bonchev–Trinajstić information content (AvgIpc) is 2.52. The van der Waals surface area contributed by atoms with E-state index in [2.05, 4.69) is 22.3 Å². The van der Waals surface area contributed by atoms with Gasteiger partial charge < -0.3 is 5.32 Å². The van der Waals surface area contributed by atoms with E-state index in [1.54, 1.807) is 0 Å². The molecule has 0 bridgehead atoms. The fraction of sp³-hybridized carbons (Fsp3) is 0.833. The zero-order valence-electron chi connectivity index (χ0n) is 10.4. The van der Waals surface area contributed by atoms with E-state index in [4.69, 9.17) is 0 Å². The highest BCUT2D eigenvalue weighted by Crippen LogP contribution is 2.20. The average molecular weight is 222 g/mol. The molecule has 90 valence electrons. The second-order valence-corrected chi connectivity index (χ2v) is 4.62. The molecule has 1 atom stereocenters. The van der Waals surface area contributed by atoms with Crippen molar-refractivity contribution in [3.8, 4) is 0 Å². The number of aromatic nitrogens is 3. The first-order valence-corrected chi connectivity index (χ1v) is 6.44. The summed E-state index contributed by atoms with van der Waals surface area (Å²) in [6.45, 7) is 3.28. The monoisotopic (exact) mass is 222 g/mol. The van der Waals surface area contributed by atoms with Crippen LogP contribution >= 0.6 is 0 Å². The highest BCUT2D eigenvalue weighted by atomic mass is 15.3. The molecule has 0 radical (unpaired) electrons. The Labute approximate surface area is 97.5 Å². The molecule has 0 amide bonds. The van der Waals surface area contributed by atoms with Crippen LogP contribution in [0.5, 0.6) is 0 Å². The van der Waals surface area contributed by atoms with Gasteiger partial charge in [0.1, 0.15) is 5.82 Å². The highest BCUT2D eigenvalue weighted by Gasteiger charge is 2.19. The Kier molecular flexibility index (Phi) is 3.93. The van der Waals surface area contributed by atoms with E-state index >= 15 is 0 Å². The quantitative estimate of drug-likeness (QED) is 0.850. The van der Waals surface area contributed by atoms with Crippen molar-refractivity contribution in [2.75, 3.05) is 6.54 Å². The summed E-state index contributed by atoms with van der Waals surface area (Å²) >= 11 is 0. The van der Waals surface area contributed by atoms with E-state index in [0.29, 0.717) is 6.04 Å². The largest absolute Gasteiger partial charge is 0.307 e. The molecule has 1 fully saturated rings. The number of nitrogens with zero attached hydrogens (tertiary/aromatic N) is 3. The molecule has 1 saturated heterocycles. The number of rotatable bonds is 3. The maximum Gasteiger partial charge on any atom is 0.151 e. The fourth-order valence-electron chi connectivity index (χ4n) is 2.33. The van der Waals surface area contributed by atoms with E-state index in [1.165, 1.54) is 25.7 Å². The Bertz CT molecular complexity index is 324. The van der Waals surface area contributed by atoms with Crippen LogP contribution in [-0.2, 0) is 13.5 Å². The van der Waals surface area contributed by atoms with Crippen molar-refractivity contribution in [1.29, 1.82) is 0 Å². The lowest BCUT2D eigenvalue weighted by Crippen LogP contribution is -2.23. The minimum Gasteiger partial charge on any atom is -0.307 e. The Morgan fingerprint density at radius 1 is 1.38 bits per heavy atom. The lowest BCUT2D eigenvalue weighted by atomic mass is 10.1. The fourth-order valence-corrected chi connectivity index (χ4v) is 2.33. The summed E-state index contributed by atoms with van der Waals surface area (Å²) in [5, 5.41) is 8.04. The molecule has 16 heavy (non-hydrogen) atoms.